The van der Waals surface area contributed by atoms with E-state index in [0.717, 1.165) is 16.4 Å². The molecule has 0 aliphatic carbocycles. The quantitative estimate of drug-likeness (QED) is 0.537. The molecule has 0 N–H and O–H groups in total. The number of anilines is 1. The molecule has 0 bridgehead atoms. The van der Waals surface area contributed by atoms with E-state index in [1.807, 2.05) is 29.6 Å². The van der Waals surface area contributed by atoms with Crippen LogP contribution in [0.25, 0.3) is 11.3 Å². The molecule has 1 saturated heterocycles. The van der Waals surface area contributed by atoms with Gasteiger partial charge in [0, 0.05) is 29.1 Å². The number of aromatic nitrogens is 1. The highest BCUT2D eigenvalue weighted by Crippen LogP contribution is 2.32. The summed E-state index contributed by atoms with van der Waals surface area (Å²) in [6.45, 7) is 1.25. The van der Waals surface area contributed by atoms with Gasteiger partial charge in [0.15, 0.2) is 15.0 Å². The molecule has 0 saturated carbocycles. The number of halogens is 2. The van der Waals surface area contributed by atoms with E-state index in [1.54, 1.807) is 11.3 Å². The van der Waals surface area contributed by atoms with Crippen LogP contribution in [0.3, 0.4) is 0 Å². The molecule has 1 fully saturated rings. The molecule has 0 atom stereocenters. The third-order valence-corrected chi connectivity index (χ3v) is 8.36. The number of hydrogen-bond acceptors (Lipinski definition) is 5. The Morgan fingerprint density at radius 3 is 2.32 bits per heavy atom. The molecule has 1 aliphatic heterocycles. The van der Waals surface area contributed by atoms with E-state index in [9.17, 15) is 12.8 Å². The molecule has 1 aliphatic rings. The Labute approximate surface area is 172 Å². The molecule has 4 rings (SSSR count). The van der Waals surface area contributed by atoms with Crippen molar-refractivity contribution < 1.29 is 12.8 Å². The maximum absolute atomic E-state index is 13.1. The highest BCUT2D eigenvalue weighted by atomic mass is 35.5. The summed E-state index contributed by atoms with van der Waals surface area (Å²) in [5.74, 6) is -0.436. The predicted molar refractivity (Wildman–Crippen MR) is 111 cm³/mol. The van der Waals surface area contributed by atoms with Gasteiger partial charge in [-0.2, -0.15) is 0 Å². The third kappa shape index (κ3) is 3.92. The van der Waals surface area contributed by atoms with Gasteiger partial charge < -0.3 is 4.90 Å². The first-order chi connectivity index (χ1) is 13.4. The summed E-state index contributed by atoms with van der Waals surface area (Å²) in [6.07, 6.45) is 1.05. The molecule has 4 nitrogen and oxygen atoms in total. The summed E-state index contributed by atoms with van der Waals surface area (Å²) >= 11 is 7.49. The Bertz CT molecular complexity index is 1060. The van der Waals surface area contributed by atoms with Gasteiger partial charge in [0.05, 0.1) is 15.8 Å². The summed E-state index contributed by atoms with van der Waals surface area (Å²) < 4.78 is 38.7. The van der Waals surface area contributed by atoms with Crippen molar-refractivity contribution in [2.45, 2.75) is 23.0 Å². The molecule has 8 heteroatoms. The van der Waals surface area contributed by atoms with Crippen LogP contribution in [-0.4, -0.2) is 31.7 Å². The van der Waals surface area contributed by atoms with E-state index in [-0.39, 0.29) is 4.90 Å². The highest BCUT2D eigenvalue weighted by molar-refractivity contribution is 7.92. The lowest BCUT2D eigenvalue weighted by Gasteiger charge is -2.31. The number of nitrogens with zero attached hydrogens (tertiary/aromatic N) is 2. The van der Waals surface area contributed by atoms with E-state index in [1.165, 1.54) is 24.3 Å². The van der Waals surface area contributed by atoms with Crippen LogP contribution in [-0.2, 0) is 9.84 Å². The maximum atomic E-state index is 13.1. The Morgan fingerprint density at radius 1 is 1.04 bits per heavy atom. The Balaban J connectivity index is 1.44. The Morgan fingerprint density at radius 2 is 1.68 bits per heavy atom. The van der Waals surface area contributed by atoms with Crippen LogP contribution in [0.2, 0.25) is 5.02 Å². The largest absolute Gasteiger partial charge is 0.348 e. The minimum Gasteiger partial charge on any atom is -0.348 e. The molecule has 1 aromatic heterocycles. The van der Waals surface area contributed by atoms with Crippen molar-refractivity contribution in [3.63, 3.8) is 0 Å². The normalized spacial score (nSPS) is 15.7. The molecule has 2 heterocycles. The first kappa shape index (κ1) is 19.4. The first-order valence-corrected chi connectivity index (χ1v) is 11.7. The van der Waals surface area contributed by atoms with Crippen molar-refractivity contribution in [1.82, 2.24) is 4.98 Å². The number of thiazole rings is 1. The van der Waals surface area contributed by atoms with Crippen LogP contribution in [0.4, 0.5) is 9.52 Å². The second-order valence-corrected chi connectivity index (χ2v) is 10.2. The minimum atomic E-state index is -3.45. The summed E-state index contributed by atoms with van der Waals surface area (Å²) in [7, 11) is -3.45. The van der Waals surface area contributed by atoms with Crippen LogP contribution >= 0.6 is 22.9 Å². The lowest BCUT2D eigenvalue weighted by molar-refractivity contribution is 0.529. The van der Waals surface area contributed by atoms with Gasteiger partial charge >= 0.3 is 0 Å². The molecule has 0 amide bonds. The van der Waals surface area contributed by atoms with Crippen molar-refractivity contribution >= 4 is 37.9 Å². The van der Waals surface area contributed by atoms with Gasteiger partial charge in [-0.05, 0) is 49.2 Å². The van der Waals surface area contributed by atoms with Crippen molar-refractivity contribution in [2.24, 2.45) is 0 Å². The zero-order chi connectivity index (χ0) is 19.7. The number of hydrogen-bond donors (Lipinski definition) is 0. The molecule has 0 unspecified atom stereocenters. The fourth-order valence-electron chi connectivity index (χ4n) is 3.34. The van der Waals surface area contributed by atoms with E-state index >= 15 is 0 Å². The molecular formula is C20H18ClFN2O2S2. The van der Waals surface area contributed by atoms with Crippen LogP contribution in [0.5, 0.6) is 0 Å². The number of benzene rings is 2. The average Bonchev–Trinajstić information content (AvgIpc) is 3.19. The lowest BCUT2D eigenvalue weighted by atomic mass is 10.1. The number of piperidine rings is 1. The second-order valence-electron chi connectivity index (χ2n) is 6.71. The van der Waals surface area contributed by atoms with Crippen molar-refractivity contribution in [1.29, 1.82) is 0 Å². The van der Waals surface area contributed by atoms with Gasteiger partial charge in [-0.1, -0.05) is 23.7 Å². The van der Waals surface area contributed by atoms with Crippen LogP contribution in [0.1, 0.15) is 12.8 Å². The van der Waals surface area contributed by atoms with Crippen molar-refractivity contribution in [3.8, 4) is 11.3 Å². The number of rotatable bonds is 4. The maximum Gasteiger partial charge on any atom is 0.185 e. The summed E-state index contributed by atoms with van der Waals surface area (Å²) in [4.78, 5) is 7.01. The highest BCUT2D eigenvalue weighted by Gasteiger charge is 2.32. The van der Waals surface area contributed by atoms with E-state index in [4.69, 9.17) is 16.6 Å². The fourth-order valence-corrected chi connectivity index (χ4v) is 6.08. The molecule has 146 valence electrons. The first-order valence-electron chi connectivity index (χ1n) is 8.89. The predicted octanol–water partition coefficient (Wildman–Crippen LogP) is 5.05. The molecule has 2 aromatic carbocycles. The van der Waals surface area contributed by atoms with E-state index in [2.05, 4.69) is 4.90 Å². The average molecular weight is 437 g/mol. The lowest BCUT2D eigenvalue weighted by Crippen LogP contribution is -2.39. The summed E-state index contributed by atoms with van der Waals surface area (Å²) in [5.41, 5.74) is 1.89. The van der Waals surface area contributed by atoms with Crippen LogP contribution in [0, 0.1) is 5.82 Å². The van der Waals surface area contributed by atoms with Crippen LogP contribution < -0.4 is 4.90 Å². The molecule has 0 spiro atoms. The van der Waals surface area contributed by atoms with Gasteiger partial charge in [0.1, 0.15) is 5.82 Å². The van der Waals surface area contributed by atoms with Gasteiger partial charge in [0.25, 0.3) is 0 Å². The monoisotopic (exact) mass is 436 g/mol. The van der Waals surface area contributed by atoms with Crippen molar-refractivity contribution in [2.75, 3.05) is 18.0 Å². The van der Waals surface area contributed by atoms with E-state index in [0.29, 0.717) is 31.0 Å². The van der Waals surface area contributed by atoms with E-state index < -0.39 is 20.9 Å². The van der Waals surface area contributed by atoms with Crippen molar-refractivity contribution in [3.05, 3.63) is 64.8 Å². The van der Waals surface area contributed by atoms with Gasteiger partial charge in [-0.3, -0.25) is 0 Å². The summed E-state index contributed by atoms with van der Waals surface area (Å²) in [5, 5.41) is 3.12. The minimum absolute atomic E-state index is 0.187. The van der Waals surface area contributed by atoms with Gasteiger partial charge in [-0.25, -0.2) is 17.8 Å². The van der Waals surface area contributed by atoms with Gasteiger partial charge in [0.2, 0.25) is 0 Å². The SMILES string of the molecule is O=S(=O)(c1ccc(F)cc1)C1CCN(c2nc(-c3ccc(Cl)cc3)cs2)CC1. The fraction of sp³-hybridized carbons (Fsp3) is 0.250. The molecule has 3 aromatic rings. The third-order valence-electron chi connectivity index (χ3n) is 4.93. The smallest absolute Gasteiger partial charge is 0.185 e. The molecule has 0 radical (unpaired) electrons. The standard InChI is InChI=1S/C20H18ClFN2O2S2/c21-15-3-1-14(2-4-15)19-13-27-20(23-19)24-11-9-18(10-12-24)28(25,26)17-7-5-16(22)6-8-17/h1-8,13,18H,9-12H2. The topological polar surface area (TPSA) is 50.3 Å². The van der Waals surface area contributed by atoms with Crippen LogP contribution in [0.15, 0.2) is 58.8 Å². The molecule has 28 heavy (non-hydrogen) atoms. The molecular weight excluding hydrogens is 419 g/mol. The Kier molecular flexibility index (Phi) is 5.40. The zero-order valence-corrected chi connectivity index (χ0v) is 17.3. The number of sulfone groups is 1. The zero-order valence-electron chi connectivity index (χ0n) is 14.9. The summed E-state index contributed by atoms with van der Waals surface area (Å²) in [6, 6.07) is 12.6. The van der Waals surface area contributed by atoms with Gasteiger partial charge in [-0.15, -0.1) is 11.3 Å². The Hall–Kier alpha value is -1.96. The second kappa shape index (κ2) is 7.81.